The lowest BCUT2D eigenvalue weighted by molar-refractivity contribution is 0.261. The molecule has 0 saturated carbocycles. The van der Waals surface area contributed by atoms with Gasteiger partial charge in [0.2, 0.25) is 0 Å². The van der Waals surface area contributed by atoms with Crippen LogP contribution < -0.4 is 5.32 Å². The number of rotatable bonds is 6. The van der Waals surface area contributed by atoms with Crippen molar-refractivity contribution in [2.75, 3.05) is 46.3 Å². The summed E-state index contributed by atoms with van der Waals surface area (Å²) >= 11 is 3.69. The molecule has 0 radical (unpaired) electrons. The lowest BCUT2D eigenvalue weighted by Gasteiger charge is -2.25. The van der Waals surface area contributed by atoms with Gasteiger partial charge < -0.3 is 15.1 Å². The van der Waals surface area contributed by atoms with Crippen LogP contribution in [0.1, 0.15) is 31.4 Å². The minimum absolute atomic E-state index is 0.437. The van der Waals surface area contributed by atoms with Crippen LogP contribution in [-0.4, -0.2) is 56.1 Å². The molecule has 1 unspecified atom stereocenters. The summed E-state index contributed by atoms with van der Waals surface area (Å²) in [6.45, 7) is 9.23. The first-order valence-corrected chi connectivity index (χ1v) is 8.88. The van der Waals surface area contributed by atoms with Crippen molar-refractivity contribution in [2.45, 2.75) is 25.8 Å². The molecule has 1 N–H and O–H groups in total. The monoisotopic (exact) mass is 353 g/mol. The molecule has 1 aliphatic heterocycles. The van der Waals surface area contributed by atoms with Crippen LogP contribution >= 0.6 is 15.9 Å². The highest BCUT2D eigenvalue weighted by molar-refractivity contribution is 9.10. The van der Waals surface area contributed by atoms with Crippen molar-refractivity contribution in [3.8, 4) is 0 Å². The van der Waals surface area contributed by atoms with Crippen molar-refractivity contribution in [3.05, 3.63) is 34.3 Å². The van der Waals surface area contributed by atoms with E-state index in [0.717, 1.165) is 6.54 Å². The number of likely N-dealkylation sites (N-methyl/N-ethyl adjacent to an activating group) is 1. The third kappa shape index (κ3) is 5.37. The summed E-state index contributed by atoms with van der Waals surface area (Å²) in [5.74, 6) is 0. The van der Waals surface area contributed by atoms with E-state index in [0.29, 0.717) is 6.04 Å². The maximum absolute atomic E-state index is 3.69. The van der Waals surface area contributed by atoms with E-state index in [2.05, 4.69) is 69.3 Å². The zero-order valence-corrected chi connectivity index (χ0v) is 14.9. The summed E-state index contributed by atoms with van der Waals surface area (Å²) in [6, 6.07) is 9.02. The molecular weight excluding hydrogens is 326 g/mol. The highest BCUT2D eigenvalue weighted by Gasteiger charge is 2.16. The fourth-order valence-corrected chi connectivity index (χ4v) is 3.57. The Labute approximate surface area is 137 Å². The highest BCUT2D eigenvalue weighted by atomic mass is 79.9. The van der Waals surface area contributed by atoms with Crippen molar-refractivity contribution in [3.63, 3.8) is 0 Å². The molecule has 0 aliphatic carbocycles. The molecule has 1 atom stereocenters. The minimum atomic E-state index is 0.437. The summed E-state index contributed by atoms with van der Waals surface area (Å²) in [4.78, 5) is 5.06. The molecule has 0 aromatic heterocycles. The standard InChI is InChI=1S/C17H28BrN3/c1-3-19-17(15-7-4-5-8-16(15)18)9-12-21-11-6-10-20(2)13-14-21/h4-5,7-8,17,19H,3,6,9-14H2,1-2H3. The summed E-state index contributed by atoms with van der Waals surface area (Å²) in [5, 5.41) is 3.64. The van der Waals surface area contributed by atoms with E-state index >= 15 is 0 Å². The number of nitrogens with zero attached hydrogens (tertiary/aromatic N) is 2. The third-order valence-corrected chi connectivity index (χ3v) is 5.00. The molecule has 1 aromatic carbocycles. The maximum Gasteiger partial charge on any atom is 0.0343 e. The van der Waals surface area contributed by atoms with Crippen molar-refractivity contribution in [1.82, 2.24) is 15.1 Å². The fourth-order valence-electron chi connectivity index (χ4n) is 3.01. The fraction of sp³-hybridized carbons (Fsp3) is 0.647. The number of hydrogen-bond donors (Lipinski definition) is 1. The molecule has 3 nitrogen and oxygen atoms in total. The van der Waals surface area contributed by atoms with Gasteiger partial charge in [0.15, 0.2) is 0 Å². The van der Waals surface area contributed by atoms with Gasteiger partial charge in [0.25, 0.3) is 0 Å². The van der Waals surface area contributed by atoms with Crippen LogP contribution in [0.4, 0.5) is 0 Å². The quantitative estimate of drug-likeness (QED) is 0.847. The molecule has 21 heavy (non-hydrogen) atoms. The van der Waals surface area contributed by atoms with Gasteiger partial charge in [-0.1, -0.05) is 41.1 Å². The minimum Gasteiger partial charge on any atom is -0.310 e. The second-order valence-corrected chi connectivity index (χ2v) is 6.77. The van der Waals surface area contributed by atoms with Gasteiger partial charge >= 0.3 is 0 Å². The molecule has 0 bridgehead atoms. The Morgan fingerprint density at radius 1 is 1.19 bits per heavy atom. The smallest absolute Gasteiger partial charge is 0.0343 e. The van der Waals surface area contributed by atoms with Crippen molar-refractivity contribution in [2.24, 2.45) is 0 Å². The van der Waals surface area contributed by atoms with Crippen LogP contribution in [0.2, 0.25) is 0 Å². The van der Waals surface area contributed by atoms with Crippen molar-refractivity contribution in [1.29, 1.82) is 0 Å². The van der Waals surface area contributed by atoms with Gasteiger partial charge in [0, 0.05) is 23.6 Å². The molecule has 0 spiro atoms. The molecule has 4 heteroatoms. The molecule has 2 rings (SSSR count). The van der Waals surface area contributed by atoms with E-state index in [9.17, 15) is 0 Å². The number of benzene rings is 1. The van der Waals surface area contributed by atoms with Gasteiger partial charge in [-0.2, -0.15) is 0 Å². The number of hydrogen-bond acceptors (Lipinski definition) is 3. The van der Waals surface area contributed by atoms with Crippen LogP contribution in [0.25, 0.3) is 0 Å². The maximum atomic E-state index is 3.69. The first kappa shape index (κ1) is 16.9. The lowest BCUT2D eigenvalue weighted by Crippen LogP contribution is -2.32. The van der Waals surface area contributed by atoms with E-state index in [4.69, 9.17) is 0 Å². The van der Waals surface area contributed by atoms with Gasteiger partial charge in [-0.25, -0.2) is 0 Å². The number of halogens is 1. The normalized spacial score (nSPS) is 19.4. The Hall–Kier alpha value is -0.420. The predicted octanol–water partition coefficient (Wildman–Crippen LogP) is 3.13. The average Bonchev–Trinajstić information content (AvgIpc) is 2.69. The van der Waals surface area contributed by atoms with Gasteiger partial charge in [0.05, 0.1) is 0 Å². The van der Waals surface area contributed by atoms with Crippen LogP contribution in [0.5, 0.6) is 0 Å². The van der Waals surface area contributed by atoms with Crippen LogP contribution in [0.15, 0.2) is 28.7 Å². The third-order valence-electron chi connectivity index (χ3n) is 4.28. The van der Waals surface area contributed by atoms with Crippen LogP contribution in [0.3, 0.4) is 0 Å². The highest BCUT2D eigenvalue weighted by Crippen LogP contribution is 2.25. The molecule has 1 aliphatic rings. The molecule has 1 heterocycles. The lowest BCUT2D eigenvalue weighted by atomic mass is 10.0. The zero-order chi connectivity index (χ0) is 15.1. The van der Waals surface area contributed by atoms with Crippen molar-refractivity contribution < 1.29 is 0 Å². The molecule has 1 fully saturated rings. The zero-order valence-electron chi connectivity index (χ0n) is 13.3. The summed E-state index contributed by atoms with van der Waals surface area (Å²) in [7, 11) is 2.23. The Morgan fingerprint density at radius 3 is 2.76 bits per heavy atom. The molecule has 118 valence electrons. The Balaban J connectivity index is 1.92. The largest absolute Gasteiger partial charge is 0.310 e. The first-order valence-electron chi connectivity index (χ1n) is 8.09. The predicted molar refractivity (Wildman–Crippen MR) is 93.7 cm³/mol. The van der Waals surface area contributed by atoms with Gasteiger partial charge in [-0.05, 0) is 57.7 Å². The second kappa shape index (κ2) is 8.89. The van der Waals surface area contributed by atoms with E-state index in [-0.39, 0.29) is 0 Å². The SMILES string of the molecule is CCNC(CCN1CCCN(C)CC1)c1ccccc1Br. The summed E-state index contributed by atoms with van der Waals surface area (Å²) < 4.78 is 1.21. The van der Waals surface area contributed by atoms with E-state index in [1.54, 1.807) is 0 Å². The molecule has 1 aromatic rings. The molecule has 1 saturated heterocycles. The molecular formula is C17H28BrN3. The Kier molecular flexibility index (Phi) is 7.17. The first-order chi connectivity index (χ1) is 10.2. The van der Waals surface area contributed by atoms with Gasteiger partial charge in [0.1, 0.15) is 0 Å². The average molecular weight is 354 g/mol. The van der Waals surface area contributed by atoms with Gasteiger partial charge in [-0.15, -0.1) is 0 Å². The number of nitrogens with one attached hydrogen (secondary N) is 1. The topological polar surface area (TPSA) is 18.5 Å². The summed E-state index contributed by atoms with van der Waals surface area (Å²) in [5.41, 5.74) is 1.38. The van der Waals surface area contributed by atoms with Crippen LogP contribution in [-0.2, 0) is 0 Å². The Bertz CT molecular complexity index is 424. The summed E-state index contributed by atoms with van der Waals surface area (Å²) in [6.07, 6.45) is 2.46. The van der Waals surface area contributed by atoms with Gasteiger partial charge in [-0.3, -0.25) is 0 Å². The molecule has 0 amide bonds. The van der Waals surface area contributed by atoms with E-state index in [1.165, 1.54) is 55.6 Å². The van der Waals surface area contributed by atoms with E-state index < -0.39 is 0 Å². The Morgan fingerprint density at radius 2 is 2.00 bits per heavy atom. The van der Waals surface area contributed by atoms with E-state index in [1.807, 2.05) is 0 Å². The second-order valence-electron chi connectivity index (χ2n) is 5.92. The van der Waals surface area contributed by atoms with Crippen molar-refractivity contribution >= 4 is 15.9 Å². The van der Waals surface area contributed by atoms with Crippen LogP contribution in [0, 0.1) is 0 Å².